The van der Waals surface area contributed by atoms with Gasteiger partial charge in [0.05, 0.1) is 18.0 Å². The summed E-state index contributed by atoms with van der Waals surface area (Å²) in [6, 6.07) is 5.63. The number of hydrogen-bond donors (Lipinski definition) is 4. The average Bonchev–Trinajstić information content (AvgIpc) is 2.64. The second kappa shape index (κ2) is 12.4. The number of carboxylic acids is 1. The van der Waals surface area contributed by atoms with Crippen LogP contribution in [0, 0.1) is 0 Å². The molecule has 1 aromatic carbocycles. The third-order valence-corrected chi connectivity index (χ3v) is 3.85. The Morgan fingerprint density at radius 3 is 2.16 bits per heavy atom. The highest BCUT2D eigenvalue weighted by Gasteiger charge is 2.20. The van der Waals surface area contributed by atoms with Crippen molar-refractivity contribution in [3.63, 3.8) is 0 Å². The average molecular weight is 437 g/mol. The first kappa shape index (κ1) is 25.7. The molecule has 1 rings (SSSR count). The molecular formula is C21H31N3O7. The molecule has 31 heavy (non-hydrogen) atoms. The summed E-state index contributed by atoms with van der Waals surface area (Å²) >= 11 is 0. The van der Waals surface area contributed by atoms with Gasteiger partial charge in [-0.2, -0.15) is 0 Å². The number of nitrogens with one attached hydrogen (secondary N) is 3. The summed E-state index contributed by atoms with van der Waals surface area (Å²) < 4.78 is 9.90. The van der Waals surface area contributed by atoms with Crippen molar-refractivity contribution in [1.29, 1.82) is 0 Å². The van der Waals surface area contributed by atoms with Crippen LogP contribution in [0.5, 0.6) is 0 Å². The van der Waals surface area contributed by atoms with Gasteiger partial charge in [0.15, 0.2) is 0 Å². The Labute approximate surface area is 181 Å². The van der Waals surface area contributed by atoms with E-state index in [9.17, 15) is 24.3 Å². The number of carbonyl (C=O) groups excluding carboxylic acids is 3. The minimum Gasteiger partial charge on any atom is -0.480 e. The van der Waals surface area contributed by atoms with Gasteiger partial charge in [0.25, 0.3) is 0 Å². The van der Waals surface area contributed by atoms with Crippen LogP contribution in [0.4, 0.5) is 21.0 Å². The third-order valence-electron chi connectivity index (χ3n) is 3.85. The Hall–Kier alpha value is -3.30. The summed E-state index contributed by atoms with van der Waals surface area (Å²) in [5.41, 5.74) is 0.165. The van der Waals surface area contributed by atoms with Crippen LogP contribution in [0.1, 0.15) is 53.4 Å². The molecule has 3 amide bonds. The first-order chi connectivity index (χ1) is 14.5. The smallest absolute Gasteiger partial charge is 0.412 e. The number of hydrogen-bond acceptors (Lipinski definition) is 6. The van der Waals surface area contributed by atoms with Gasteiger partial charge in [0.1, 0.15) is 11.6 Å². The molecule has 1 atom stereocenters. The SMILES string of the molecule is CCOC(=O)NC(CCCCC(=O)Nc1ccccc1NC(=O)OC(C)(C)C)C(=O)O. The first-order valence-electron chi connectivity index (χ1n) is 10.1. The zero-order valence-electron chi connectivity index (χ0n) is 18.3. The number of benzene rings is 1. The normalized spacial score (nSPS) is 11.7. The van der Waals surface area contributed by atoms with Gasteiger partial charge in [-0.1, -0.05) is 18.6 Å². The lowest BCUT2D eigenvalue weighted by Crippen LogP contribution is -2.41. The molecule has 10 nitrogen and oxygen atoms in total. The largest absolute Gasteiger partial charge is 0.480 e. The number of ether oxygens (including phenoxy) is 2. The number of unbranched alkanes of at least 4 members (excludes halogenated alkanes) is 1. The van der Waals surface area contributed by atoms with Crippen LogP contribution in [0.2, 0.25) is 0 Å². The maximum Gasteiger partial charge on any atom is 0.412 e. The molecule has 0 bridgehead atoms. The quantitative estimate of drug-likeness (QED) is 0.408. The van der Waals surface area contributed by atoms with Crippen molar-refractivity contribution in [2.24, 2.45) is 0 Å². The summed E-state index contributed by atoms with van der Waals surface area (Å²) in [4.78, 5) is 46.9. The lowest BCUT2D eigenvalue weighted by molar-refractivity contribution is -0.139. The zero-order chi connectivity index (χ0) is 23.4. The van der Waals surface area contributed by atoms with E-state index in [-0.39, 0.29) is 25.4 Å². The Kier molecular flexibility index (Phi) is 10.3. The fourth-order valence-corrected chi connectivity index (χ4v) is 2.53. The van der Waals surface area contributed by atoms with Crippen LogP contribution >= 0.6 is 0 Å². The van der Waals surface area contributed by atoms with E-state index in [2.05, 4.69) is 20.7 Å². The van der Waals surface area contributed by atoms with Crippen molar-refractivity contribution < 1.29 is 33.8 Å². The Balaban J connectivity index is 2.52. The van der Waals surface area contributed by atoms with Crippen molar-refractivity contribution >= 4 is 35.4 Å². The fraction of sp³-hybridized carbons (Fsp3) is 0.524. The lowest BCUT2D eigenvalue weighted by atomic mass is 10.1. The highest BCUT2D eigenvalue weighted by Crippen LogP contribution is 2.22. The summed E-state index contributed by atoms with van der Waals surface area (Å²) in [6.07, 6.45) is -0.286. The van der Waals surface area contributed by atoms with E-state index >= 15 is 0 Å². The van der Waals surface area contributed by atoms with Gasteiger partial charge in [-0.05, 0) is 52.7 Å². The minimum atomic E-state index is -1.17. The summed E-state index contributed by atoms with van der Waals surface area (Å²) in [7, 11) is 0. The molecule has 0 saturated heterocycles. The Morgan fingerprint density at radius 2 is 1.61 bits per heavy atom. The molecule has 1 unspecified atom stereocenters. The van der Waals surface area contributed by atoms with Crippen LogP contribution in [0.3, 0.4) is 0 Å². The minimum absolute atomic E-state index is 0.141. The van der Waals surface area contributed by atoms with Gasteiger partial charge in [-0.15, -0.1) is 0 Å². The first-order valence-corrected chi connectivity index (χ1v) is 10.1. The summed E-state index contributed by atoms with van der Waals surface area (Å²) in [6.45, 7) is 7.00. The lowest BCUT2D eigenvalue weighted by Gasteiger charge is -2.20. The van der Waals surface area contributed by atoms with E-state index in [1.54, 1.807) is 52.0 Å². The Morgan fingerprint density at radius 1 is 1.00 bits per heavy atom. The third kappa shape index (κ3) is 10.9. The van der Waals surface area contributed by atoms with E-state index in [0.29, 0.717) is 24.2 Å². The molecule has 0 saturated carbocycles. The summed E-state index contributed by atoms with van der Waals surface area (Å²) in [5, 5.41) is 16.8. The van der Waals surface area contributed by atoms with Crippen LogP contribution in [-0.4, -0.2) is 47.4 Å². The van der Waals surface area contributed by atoms with Crippen molar-refractivity contribution in [3.05, 3.63) is 24.3 Å². The molecule has 172 valence electrons. The molecule has 1 aromatic rings. The highest BCUT2D eigenvalue weighted by atomic mass is 16.6. The maximum atomic E-state index is 12.3. The van der Waals surface area contributed by atoms with E-state index in [0.717, 1.165) is 0 Å². The molecule has 0 radical (unpaired) electrons. The van der Waals surface area contributed by atoms with E-state index in [1.165, 1.54) is 0 Å². The number of alkyl carbamates (subject to hydrolysis) is 1. The predicted octanol–water partition coefficient (Wildman–Crippen LogP) is 3.73. The van der Waals surface area contributed by atoms with E-state index in [1.807, 2.05) is 0 Å². The number of carbonyl (C=O) groups is 4. The summed E-state index contributed by atoms with van der Waals surface area (Å²) in [5.74, 6) is -1.46. The van der Waals surface area contributed by atoms with Crippen molar-refractivity contribution in [2.45, 2.75) is 65.0 Å². The number of aliphatic carboxylic acids is 1. The zero-order valence-corrected chi connectivity index (χ0v) is 18.3. The molecule has 0 heterocycles. The van der Waals surface area contributed by atoms with Crippen molar-refractivity contribution in [1.82, 2.24) is 5.32 Å². The van der Waals surface area contributed by atoms with Crippen molar-refractivity contribution in [3.8, 4) is 0 Å². The molecule has 4 N–H and O–H groups in total. The molecule has 0 aliphatic carbocycles. The highest BCUT2D eigenvalue weighted by molar-refractivity contribution is 5.97. The van der Waals surface area contributed by atoms with Crippen molar-refractivity contribution in [2.75, 3.05) is 17.2 Å². The molecular weight excluding hydrogens is 406 g/mol. The Bertz CT molecular complexity index is 774. The van der Waals surface area contributed by atoms with E-state index < -0.39 is 29.8 Å². The second-order valence-corrected chi connectivity index (χ2v) is 7.72. The molecule has 0 aliphatic heterocycles. The molecule has 0 aromatic heterocycles. The van der Waals surface area contributed by atoms with Gasteiger partial charge < -0.3 is 25.2 Å². The molecule has 0 fully saturated rings. The molecule has 10 heteroatoms. The van der Waals surface area contributed by atoms with Gasteiger partial charge >= 0.3 is 18.2 Å². The number of anilines is 2. The monoisotopic (exact) mass is 437 g/mol. The number of carboxylic acid groups (broad SMARTS) is 1. The number of rotatable bonds is 10. The van der Waals surface area contributed by atoms with Crippen LogP contribution in [-0.2, 0) is 19.1 Å². The maximum absolute atomic E-state index is 12.3. The fourth-order valence-electron chi connectivity index (χ4n) is 2.53. The molecule has 0 aliphatic rings. The van der Waals surface area contributed by atoms with Gasteiger partial charge in [0, 0.05) is 6.42 Å². The van der Waals surface area contributed by atoms with E-state index in [4.69, 9.17) is 4.74 Å². The predicted molar refractivity (Wildman–Crippen MR) is 115 cm³/mol. The standard InChI is InChI=1S/C21H31N3O7/c1-5-30-19(28)24-16(18(26)27)12-8-9-13-17(25)22-14-10-6-7-11-15(14)23-20(29)31-21(2,3)4/h6-7,10-11,16H,5,8-9,12-13H2,1-4H3,(H,22,25)(H,23,29)(H,24,28)(H,26,27). The second-order valence-electron chi connectivity index (χ2n) is 7.72. The topological polar surface area (TPSA) is 143 Å². The number of para-hydroxylation sites is 2. The van der Waals surface area contributed by atoms with Gasteiger partial charge in [0.2, 0.25) is 5.91 Å². The molecule has 0 spiro atoms. The van der Waals surface area contributed by atoms with Crippen LogP contribution < -0.4 is 16.0 Å². The number of amides is 3. The van der Waals surface area contributed by atoms with Gasteiger partial charge in [-0.3, -0.25) is 10.1 Å². The van der Waals surface area contributed by atoms with Crippen LogP contribution in [0.15, 0.2) is 24.3 Å². The van der Waals surface area contributed by atoms with Gasteiger partial charge in [-0.25, -0.2) is 14.4 Å². The van der Waals surface area contributed by atoms with Crippen LogP contribution in [0.25, 0.3) is 0 Å².